The Hall–Kier alpha value is -3.27. The van der Waals surface area contributed by atoms with Crippen LogP contribution in [-0.4, -0.2) is 25.2 Å². The molecule has 0 fully saturated rings. The zero-order valence-electron chi connectivity index (χ0n) is 13.5. The van der Waals surface area contributed by atoms with E-state index in [-0.39, 0.29) is 5.88 Å². The molecule has 0 aliphatic heterocycles. The van der Waals surface area contributed by atoms with Crippen LogP contribution in [0.5, 0.6) is 11.6 Å². The van der Waals surface area contributed by atoms with Crippen LogP contribution in [0.15, 0.2) is 36.7 Å². The Morgan fingerprint density at radius 1 is 1.21 bits per heavy atom. The van der Waals surface area contributed by atoms with E-state index < -0.39 is 0 Å². The molecule has 3 rings (SSSR count). The number of hydrogen-bond donors (Lipinski definition) is 0. The van der Waals surface area contributed by atoms with Crippen LogP contribution in [0.4, 0.5) is 0 Å². The van der Waals surface area contributed by atoms with E-state index in [0.29, 0.717) is 17.7 Å². The third-order valence-electron chi connectivity index (χ3n) is 3.64. The maximum absolute atomic E-state index is 9.51. The molecular formula is C17H16N6O. The number of ether oxygens (including phenoxy) is 1. The summed E-state index contributed by atoms with van der Waals surface area (Å²) in [5, 5.41) is 25.5. The van der Waals surface area contributed by atoms with Crippen molar-refractivity contribution in [2.24, 2.45) is 0 Å². The smallest absolute Gasteiger partial charge is 0.257 e. The van der Waals surface area contributed by atoms with E-state index in [1.54, 1.807) is 29.2 Å². The summed E-state index contributed by atoms with van der Waals surface area (Å²) in [6, 6.07) is 9.52. The first-order chi connectivity index (χ1) is 11.8. The Balaban J connectivity index is 1.97. The average Bonchev–Trinajstić information content (AvgIpc) is 3.16. The van der Waals surface area contributed by atoms with Gasteiger partial charge in [0.15, 0.2) is 0 Å². The summed E-state index contributed by atoms with van der Waals surface area (Å²) < 4.78 is 7.45. The van der Waals surface area contributed by atoms with Gasteiger partial charge in [0.25, 0.3) is 5.88 Å². The second-order valence-electron chi connectivity index (χ2n) is 5.07. The second kappa shape index (κ2) is 6.87. The van der Waals surface area contributed by atoms with Crippen LogP contribution < -0.4 is 4.74 Å². The lowest BCUT2D eigenvalue weighted by atomic mass is 10.0. The Morgan fingerprint density at radius 3 is 2.75 bits per heavy atom. The molecule has 0 saturated carbocycles. The monoisotopic (exact) mass is 320 g/mol. The lowest BCUT2D eigenvalue weighted by molar-refractivity contribution is 0.450. The standard InChI is InChI=1S/C17H16N6O/c1-3-14-15(11-18)17(21-20-16(14)4-2)24-13-7-5-6-12(10-13)23-9-8-19-22-23/h5-10H,3-4H2,1-2H3. The van der Waals surface area contributed by atoms with Crippen LogP contribution in [0.1, 0.15) is 30.7 Å². The number of hydrogen-bond acceptors (Lipinski definition) is 6. The molecular weight excluding hydrogens is 304 g/mol. The Kier molecular flexibility index (Phi) is 4.47. The highest BCUT2D eigenvalue weighted by Gasteiger charge is 2.16. The number of nitrogens with zero attached hydrogens (tertiary/aromatic N) is 6. The van der Waals surface area contributed by atoms with Gasteiger partial charge in [0.1, 0.15) is 17.4 Å². The van der Waals surface area contributed by atoms with Gasteiger partial charge in [-0.05, 0) is 30.5 Å². The van der Waals surface area contributed by atoms with Gasteiger partial charge in [-0.1, -0.05) is 25.1 Å². The van der Waals surface area contributed by atoms with Gasteiger partial charge in [0.2, 0.25) is 0 Å². The van der Waals surface area contributed by atoms with Crippen molar-refractivity contribution in [3.05, 3.63) is 53.5 Å². The zero-order valence-corrected chi connectivity index (χ0v) is 13.5. The summed E-state index contributed by atoms with van der Waals surface area (Å²) in [6.45, 7) is 3.98. The first-order valence-corrected chi connectivity index (χ1v) is 7.70. The molecule has 0 saturated heterocycles. The molecule has 0 radical (unpaired) electrons. The van der Waals surface area contributed by atoms with E-state index in [1.807, 2.05) is 26.0 Å². The van der Waals surface area contributed by atoms with E-state index in [9.17, 15) is 5.26 Å². The molecule has 0 N–H and O–H groups in total. The molecule has 0 aliphatic rings. The fourth-order valence-corrected chi connectivity index (χ4v) is 2.49. The third-order valence-corrected chi connectivity index (χ3v) is 3.64. The van der Waals surface area contributed by atoms with E-state index in [2.05, 4.69) is 26.6 Å². The van der Waals surface area contributed by atoms with Gasteiger partial charge in [-0.15, -0.1) is 10.2 Å². The molecule has 120 valence electrons. The van der Waals surface area contributed by atoms with Crippen molar-refractivity contribution in [1.29, 1.82) is 5.26 Å². The summed E-state index contributed by atoms with van der Waals surface area (Å²) in [4.78, 5) is 0. The lowest BCUT2D eigenvalue weighted by Crippen LogP contribution is -2.05. The predicted molar refractivity (Wildman–Crippen MR) is 86.9 cm³/mol. The minimum absolute atomic E-state index is 0.224. The average molecular weight is 320 g/mol. The Bertz CT molecular complexity index is 883. The molecule has 0 spiro atoms. The molecule has 24 heavy (non-hydrogen) atoms. The van der Waals surface area contributed by atoms with Gasteiger partial charge in [-0.25, -0.2) is 4.68 Å². The van der Waals surface area contributed by atoms with Gasteiger partial charge in [0.05, 0.1) is 23.8 Å². The topological polar surface area (TPSA) is 89.5 Å². The SMILES string of the molecule is CCc1nnc(Oc2cccc(-n3ccnn3)c2)c(C#N)c1CC. The van der Waals surface area contributed by atoms with Crippen LogP contribution in [0.25, 0.3) is 5.69 Å². The van der Waals surface area contributed by atoms with Crippen LogP contribution in [0.2, 0.25) is 0 Å². The molecule has 7 nitrogen and oxygen atoms in total. The molecule has 0 bridgehead atoms. The van der Waals surface area contributed by atoms with Crippen molar-refractivity contribution in [2.75, 3.05) is 0 Å². The highest BCUT2D eigenvalue weighted by molar-refractivity contribution is 5.48. The zero-order chi connectivity index (χ0) is 16.9. The van der Waals surface area contributed by atoms with E-state index in [1.165, 1.54) is 0 Å². The highest BCUT2D eigenvalue weighted by Crippen LogP contribution is 2.27. The summed E-state index contributed by atoms with van der Waals surface area (Å²) in [5.41, 5.74) is 2.96. The van der Waals surface area contributed by atoms with E-state index in [4.69, 9.17) is 4.74 Å². The summed E-state index contributed by atoms with van der Waals surface area (Å²) in [7, 11) is 0. The number of nitriles is 1. The molecule has 2 heterocycles. The second-order valence-corrected chi connectivity index (χ2v) is 5.07. The Labute approximate surface area is 139 Å². The highest BCUT2D eigenvalue weighted by atomic mass is 16.5. The normalized spacial score (nSPS) is 10.4. The molecule has 0 atom stereocenters. The van der Waals surface area contributed by atoms with Gasteiger partial charge in [-0.3, -0.25) is 0 Å². The predicted octanol–water partition coefficient (Wildman–Crippen LogP) is 2.85. The summed E-state index contributed by atoms with van der Waals surface area (Å²) >= 11 is 0. The summed E-state index contributed by atoms with van der Waals surface area (Å²) in [6.07, 6.45) is 4.78. The fraction of sp³-hybridized carbons (Fsp3) is 0.235. The molecule has 0 unspecified atom stereocenters. The molecule has 7 heteroatoms. The van der Waals surface area contributed by atoms with Crippen LogP contribution >= 0.6 is 0 Å². The maximum atomic E-state index is 9.51. The van der Waals surface area contributed by atoms with Gasteiger partial charge < -0.3 is 4.74 Å². The lowest BCUT2D eigenvalue weighted by Gasteiger charge is -2.11. The number of aromatic nitrogens is 5. The van der Waals surface area contributed by atoms with Gasteiger partial charge in [0, 0.05) is 6.07 Å². The van der Waals surface area contributed by atoms with Crippen molar-refractivity contribution in [3.63, 3.8) is 0 Å². The largest absolute Gasteiger partial charge is 0.436 e. The Morgan fingerprint density at radius 2 is 2.08 bits per heavy atom. The fourth-order valence-electron chi connectivity index (χ4n) is 2.49. The van der Waals surface area contributed by atoms with Gasteiger partial charge in [-0.2, -0.15) is 10.4 Å². The van der Waals surface area contributed by atoms with E-state index in [0.717, 1.165) is 23.4 Å². The van der Waals surface area contributed by atoms with Crippen molar-refractivity contribution in [2.45, 2.75) is 26.7 Å². The minimum atomic E-state index is 0.224. The number of benzene rings is 1. The molecule has 0 amide bonds. The maximum Gasteiger partial charge on any atom is 0.257 e. The molecule has 2 aromatic heterocycles. The van der Waals surface area contributed by atoms with Crippen molar-refractivity contribution >= 4 is 0 Å². The van der Waals surface area contributed by atoms with Gasteiger partial charge >= 0.3 is 0 Å². The molecule has 1 aromatic carbocycles. The van der Waals surface area contributed by atoms with Crippen LogP contribution in [0, 0.1) is 11.3 Å². The minimum Gasteiger partial charge on any atom is -0.436 e. The first kappa shape index (κ1) is 15.6. The number of rotatable bonds is 5. The van der Waals surface area contributed by atoms with Crippen LogP contribution in [-0.2, 0) is 12.8 Å². The molecule has 3 aromatic rings. The van der Waals surface area contributed by atoms with Crippen molar-refractivity contribution < 1.29 is 4.74 Å². The van der Waals surface area contributed by atoms with Crippen molar-refractivity contribution in [1.82, 2.24) is 25.2 Å². The number of aryl methyl sites for hydroxylation is 1. The van der Waals surface area contributed by atoms with E-state index >= 15 is 0 Å². The third kappa shape index (κ3) is 2.94. The van der Waals surface area contributed by atoms with Crippen molar-refractivity contribution in [3.8, 4) is 23.4 Å². The quantitative estimate of drug-likeness (QED) is 0.718. The first-order valence-electron chi connectivity index (χ1n) is 7.70. The molecule has 0 aliphatic carbocycles. The summed E-state index contributed by atoms with van der Waals surface area (Å²) in [5.74, 6) is 0.780. The van der Waals surface area contributed by atoms with Crippen LogP contribution in [0.3, 0.4) is 0 Å².